The predicted molar refractivity (Wildman–Crippen MR) is 121 cm³/mol. The van der Waals surface area contributed by atoms with Crippen LogP contribution in [0.5, 0.6) is 0 Å². The van der Waals surface area contributed by atoms with Gasteiger partial charge < -0.3 is 5.73 Å². The summed E-state index contributed by atoms with van der Waals surface area (Å²) < 4.78 is 6.02. The van der Waals surface area contributed by atoms with Crippen LogP contribution in [-0.2, 0) is 12.2 Å². The topological polar surface area (TPSA) is 137 Å². The van der Waals surface area contributed by atoms with Gasteiger partial charge in [-0.15, -0.1) is 16.9 Å². The molecule has 32 heavy (non-hydrogen) atoms. The number of nitrogen functional groups attached to an aromatic ring is 1. The molecule has 0 unspecified atom stereocenters. The van der Waals surface area contributed by atoms with E-state index in [1.54, 1.807) is 6.21 Å². The van der Waals surface area contributed by atoms with Gasteiger partial charge in [0.2, 0.25) is 11.6 Å². The summed E-state index contributed by atoms with van der Waals surface area (Å²) in [6.45, 7) is 2.09. The van der Waals surface area contributed by atoms with Gasteiger partial charge in [0.05, 0.1) is 11.9 Å². The zero-order chi connectivity index (χ0) is 22.3. The quantitative estimate of drug-likeness (QED) is 0.238. The molecule has 4 aromatic rings. The Balaban J connectivity index is 1.55. The maximum atomic E-state index is 12.8. The lowest BCUT2D eigenvalue weighted by atomic mass is 10.1. The zero-order valence-electron chi connectivity index (χ0n) is 17.2. The summed E-state index contributed by atoms with van der Waals surface area (Å²) in [5, 5.41) is 19.4. The monoisotopic (exact) mass is 448 g/mol. The number of carbonyl (C=O) groups is 1. The van der Waals surface area contributed by atoms with Crippen molar-refractivity contribution in [2.75, 3.05) is 5.73 Å². The summed E-state index contributed by atoms with van der Waals surface area (Å²) in [6, 6.07) is 17.7. The molecule has 0 atom stereocenters. The molecule has 0 saturated carbocycles. The number of aryl methyl sites for hydroxylation is 1. The molecule has 0 fully saturated rings. The molecular formula is C21H20N8O2S. The predicted octanol–water partition coefficient (Wildman–Crippen LogP) is 2.85. The second kappa shape index (κ2) is 9.88. The molecule has 0 radical (unpaired) electrons. The molecule has 2 aromatic carbocycles. The van der Waals surface area contributed by atoms with Crippen molar-refractivity contribution < 1.29 is 9.42 Å². The first kappa shape index (κ1) is 21.2. The second-order valence-electron chi connectivity index (χ2n) is 6.67. The molecule has 0 aliphatic heterocycles. The van der Waals surface area contributed by atoms with E-state index in [1.165, 1.54) is 22.0 Å². The highest BCUT2D eigenvalue weighted by Crippen LogP contribution is 2.25. The Labute approximate surface area is 187 Å². The minimum Gasteiger partial charge on any atom is -0.378 e. The summed E-state index contributed by atoms with van der Waals surface area (Å²) in [5.74, 6) is 0.0892. The number of nitrogens with one attached hydrogen (secondary N) is 1. The van der Waals surface area contributed by atoms with Crippen molar-refractivity contribution >= 4 is 29.7 Å². The first-order valence-electron chi connectivity index (χ1n) is 9.79. The van der Waals surface area contributed by atoms with Gasteiger partial charge in [-0.1, -0.05) is 54.6 Å². The molecule has 4 rings (SSSR count). The standard InChI is InChI=1S/C21H20N8O2S/c1-2-14-8-10-15(11-9-14)12-23-25-21(30)18-17(13-32-16-6-4-3-5-7-16)29(28-24-18)20-19(22)26-31-27-20/h3-12H,2,13H2,1H3,(H2,22,26)(H,25,30). The van der Waals surface area contributed by atoms with Crippen molar-refractivity contribution in [3.63, 3.8) is 0 Å². The number of anilines is 1. The molecule has 2 heterocycles. The van der Waals surface area contributed by atoms with E-state index in [0.717, 1.165) is 16.9 Å². The van der Waals surface area contributed by atoms with Crippen LogP contribution in [0.15, 0.2) is 69.2 Å². The van der Waals surface area contributed by atoms with Gasteiger partial charge in [-0.2, -0.15) is 9.78 Å². The van der Waals surface area contributed by atoms with Crippen molar-refractivity contribution in [3.05, 3.63) is 77.1 Å². The molecular weight excluding hydrogens is 428 g/mol. The fourth-order valence-electron chi connectivity index (χ4n) is 2.84. The fourth-order valence-corrected chi connectivity index (χ4v) is 3.75. The van der Waals surface area contributed by atoms with Crippen molar-refractivity contribution in [2.24, 2.45) is 5.10 Å². The molecule has 0 saturated heterocycles. The third-order valence-corrected chi connectivity index (χ3v) is 5.58. The van der Waals surface area contributed by atoms with Crippen LogP contribution in [0.3, 0.4) is 0 Å². The zero-order valence-corrected chi connectivity index (χ0v) is 18.0. The van der Waals surface area contributed by atoms with Crippen LogP contribution in [0.1, 0.15) is 34.2 Å². The Kier molecular flexibility index (Phi) is 6.56. The third-order valence-electron chi connectivity index (χ3n) is 4.56. The highest BCUT2D eigenvalue weighted by Gasteiger charge is 2.24. The van der Waals surface area contributed by atoms with Crippen LogP contribution in [0.25, 0.3) is 5.82 Å². The number of carbonyl (C=O) groups excluding carboxylic acids is 1. The molecule has 0 aliphatic carbocycles. The summed E-state index contributed by atoms with van der Waals surface area (Å²) in [5.41, 5.74) is 11.0. The highest BCUT2D eigenvalue weighted by atomic mass is 32.2. The molecule has 0 spiro atoms. The third kappa shape index (κ3) is 4.83. The molecule has 2 aromatic heterocycles. The number of thioether (sulfide) groups is 1. The van der Waals surface area contributed by atoms with Crippen molar-refractivity contribution in [1.29, 1.82) is 0 Å². The van der Waals surface area contributed by atoms with E-state index in [0.29, 0.717) is 11.4 Å². The lowest BCUT2D eigenvalue weighted by molar-refractivity contribution is 0.0949. The van der Waals surface area contributed by atoms with Gasteiger partial charge in [0, 0.05) is 10.6 Å². The van der Waals surface area contributed by atoms with Crippen LogP contribution < -0.4 is 11.2 Å². The number of amides is 1. The van der Waals surface area contributed by atoms with Gasteiger partial charge in [-0.25, -0.2) is 10.1 Å². The summed E-state index contributed by atoms with van der Waals surface area (Å²) in [6.07, 6.45) is 2.53. The second-order valence-corrected chi connectivity index (χ2v) is 7.71. The molecule has 1 amide bonds. The minimum absolute atomic E-state index is 0.0429. The van der Waals surface area contributed by atoms with E-state index in [1.807, 2.05) is 54.6 Å². The van der Waals surface area contributed by atoms with E-state index < -0.39 is 5.91 Å². The van der Waals surface area contributed by atoms with Crippen LogP contribution in [-0.4, -0.2) is 37.4 Å². The molecule has 162 valence electrons. The molecule has 0 aliphatic rings. The van der Waals surface area contributed by atoms with Gasteiger partial charge in [0.1, 0.15) is 0 Å². The van der Waals surface area contributed by atoms with Crippen LogP contribution in [0.4, 0.5) is 5.82 Å². The average molecular weight is 449 g/mol. The van der Waals surface area contributed by atoms with Crippen LogP contribution >= 0.6 is 11.8 Å². The SMILES string of the molecule is CCc1ccc(C=NNC(=O)c2nnn(-c3nonc3N)c2CSc2ccccc2)cc1. The Morgan fingerprint density at radius 1 is 1.19 bits per heavy atom. The van der Waals surface area contributed by atoms with E-state index in [9.17, 15) is 4.79 Å². The fraction of sp³-hybridized carbons (Fsp3) is 0.143. The van der Waals surface area contributed by atoms with Crippen molar-refractivity contribution in [3.8, 4) is 5.82 Å². The van der Waals surface area contributed by atoms with Crippen molar-refractivity contribution in [1.82, 2.24) is 30.7 Å². The summed E-state index contributed by atoms with van der Waals surface area (Å²) in [7, 11) is 0. The Bertz CT molecular complexity index is 1220. The Morgan fingerprint density at radius 2 is 1.97 bits per heavy atom. The maximum absolute atomic E-state index is 12.8. The molecule has 3 N–H and O–H groups in total. The van der Waals surface area contributed by atoms with Gasteiger partial charge in [0.15, 0.2) is 5.69 Å². The Morgan fingerprint density at radius 3 is 2.66 bits per heavy atom. The molecule has 10 nitrogen and oxygen atoms in total. The molecule has 0 bridgehead atoms. The number of hydrogen-bond acceptors (Lipinski definition) is 9. The number of rotatable bonds is 8. The number of hydrazone groups is 1. The Hall–Kier alpha value is -3.99. The van der Waals surface area contributed by atoms with Crippen LogP contribution in [0, 0.1) is 0 Å². The van der Waals surface area contributed by atoms with Gasteiger partial charge in [-0.05, 0) is 40.0 Å². The summed E-state index contributed by atoms with van der Waals surface area (Å²) in [4.78, 5) is 13.8. The first-order chi connectivity index (χ1) is 15.7. The van der Waals surface area contributed by atoms with Crippen LogP contribution in [0.2, 0.25) is 0 Å². The minimum atomic E-state index is -0.503. The number of hydrogen-bond donors (Lipinski definition) is 2. The number of nitrogens with zero attached hydrogens (tertiary/aromatic N) is 6. The normalized spacial score (nSPS) is 11.2. The van der Waals surface area contributed by atoms with E-state index in [-0.39, 0.29) is 17.3 Å². The van der Waals surface area contributed by atoms with Crippen molar-refractivity contribution in [2.45, 2.75) is 24.0 Å². The number of benzene rings is 2. The lowest BCUT2D eigenvalue weighted by Crippen LogP contribution is -2.20. The smallest absolute Gasteiger partial charge is 0.293 e. The first-order valence-corrected chi connectivity index (χ1v) is 10.8. The van der Waals surface area contributed by atoms with E-state index >= 15 is 0 Å². The van der Waals surface area contributed by atoms with Gasteiger partial charge in [-0.3, -0.25) is 4.79 Å². The summed E-state index contributed by atoms with van der Waals surface area (Å²) >= 11 is 1.51. The highest BCUT2D eigenvalue weighted by molar-refractivity contribution is 7.98. The lowest BCUT2D eigenvalue weighted by Gasteiger charge is -2.05. The van der Waals surface area contributed by atoms with Gasteiger partial charge >= 0.3 is 0 Å². The molecule has 11 heteroatoms. The van der Waals surface area contributed by atoms with E-state index in [4.69, 9.17) is 5.73 Å². The number of nitrogens with two attached hydrogens (primary N) is 1. The van der Waals surface area contributed by atoms with Gasteiger partial charge in [0.25, 0.3) is 5.91 Å². The largest absolute Gasteiger partial charge is 0.378 e. The number of aromatic nitrogens is 5. The maximum Gasteiger partial charge on any atom is 0.293 e. The van der Waals surface area contributed by atoms with E-state index in [2.05, 4.69) is 42.7 Å². The average Bonchev–Trinajstić information content (AvgIpc) is 3.44.